The van der Waals surface area contributed by atoms with E-state index in [9.17, 15) is 19.5 Å². The van der Waals surface area contributed by atoms with Gasteiger partial charge in [-0.3, -0.25) is 19.1 Å². The smallest absolute Gasteiger partial charge is 0.330 e. The quantitative estimate of drug-likeness (QED) is 0.519. The predicted molar refractivity (Wildman–Crippen MR) is 75.2 cm³/mol. The lowest BCUT2D eigenvalue weighted by Crippen LogP contribution is -2.33. The van der Waals surface area contributed by atoms with Gasteiger partial charge in [0.2, 0.25) is 0 Å². The van der Waals surface area contributed by atoms with Crippen molar-refractivity contribution in [3.8, 4) is 0 Å². The van der Waals surface area contributed by atoms with Crippen molar-refractivity contribution in [3.63, 3.8) is 0 Å². The van der Waals surface area contributed by atoms with Gasteiger partial charge in [0.05, 0.1) is 9.67 Å². The molecule has 1 aromatic heterocycles. The SMILES string of the molecule is CC(=O)OC[C@H]1O[C@@H](n2cc(I)c(=O)[nH]c2=O)C[C@@H]1O. The van der Waals surface area contributed by atoms with Crippen LogP contribution >= 0.6 is 22.6 Å². The van der Waals surface area contributed by atoms with Crippen molar-refractivity contribution in [2.45, 2.75) is 31.8 Å². The van der Waals surface area contributed by atoms with Crippen LogP contribution in [0, 0.1) is 3.57 Å². The first kappa shape index (κ1) is 15.2. The number of rotatable bonds is 3. The molecule has 0 unspecified atom stereocenters. The maximum absolute atomic E-state index is 11.7. The molecule has 8 nitrogen and oxygen atoms in total. The number of ether oxygens (including phenoxy) is 2. The van der Waals surface area contributed by atoms with Crippen LogP contribution in [0.4, 0.5) is 0 Å². The number of nitrogens with zero attached hydrogens (tertiary/aromatic N) is 1. The van der Waals surface area contributed by atoms with E-state index in [4.69, 9.17) is 9.47 Å². The Morgan fingerprint density at radius 1 is 1.65 bits per heavy atom. The van der Waals surface area contributed by atoms with Gasteiger partial charge in [0.1, 0.15) is 18.9 Å². The van der Waals surface area contributed by atoms with Crippen LogP contribution in [0.2, 0.25) is 0 Å². The number of aromatic amines is 1. The molecule has 3 atom stereocenters. The standard InChI is InChI=1S/C11H13IN2O6/c1-5(15)19-4-8-7(16)2-9(20-8)14-3-6(12)10(17)13-11(14)18/h3,7-9,16H,2,4H2,1H3,(H,13,17,18)/t7-,8+,9+/m0/s1. The molecule has 0 amide bonds. The normalized spacial score (nSPS) is 25.6. The van der Waals surface area contributed by atoms with Crippen molar-refractivity contribution in [1.82, 2.24) is 9.55 Å². The van der Waals surface area contributed by atoms with E-state index in [-0.39, 0.29) is 13.0 Å². The number of carbonyl (C=O) groups is 1. The Kier molecular flexibility index (Phi) is 4.60. The third kappa shape index (κ3) is 3.27. The fraction of sp³-hybridized carbons (Fsp3) is 0.545. The van der Waals surface area contributed by atoms with E-state index in [1.54, 1.807) is 22.6 Å². The zero-order chi connectivity index (χ0) is 14.9. The second kappa shape index (κ2) is 6.06. The maximum Gasteiger partial charge on any atom is 0.330 e. The molecule has 0 bridgehead atoms. The van der Waals surface area contributed by atoms with Gasteiger partial charge in [0.25, 0.3) is 5.56 Å². The largest absolute Gasteiger partial charge is 0.463 e. The number of aromatic nitrogens is 2. The van der Waals surface area contributed by atoms with Crippen molar-refractivity contribution in [2.24, 2.45) is 0 Å². The zero-order valence-corrected chi connectivity index (χ0v) is 12.7. The Hall–Kier alpha value is -1.20. The van der Waals surface area contributed by atoms with Gasteiger partial charge in [-0.15, -0.1) is 0 Å². The maximum atomic E-state index is 11.7. The first-order valence-electron chi connectivity index (χ1n) is 5.86. The van der Waals surface area contributed by atoms with Crippen LogP contribution < -0.4 is 11.2 Å². The lowest BCUT2D eigenvalue weighted by Gasteiger charge is -2.15. The van der Waals surface area contributed by atoms with Gasteiger partial charge in [-0.25, -0.2) is 4.79 Å². The second-order valence-electron chi connectivity index (χ2n) is 4.38. The molecule has 1 aromatic rings. The van der Waals surface area contributed by atoms with Crippen LogP contribution in [-0.2, 0) is 14.3 Å². The van der Waals surface area contributed by atoms with E-state index in [1.165, 1.54) is 17.7 Å². The predicted octanol–water partition coefficient (Wildman–Crippen LogP) is -0.647. The average molecular weight is 396 g/mol. The topological polar surface area (TPSA) is 111 Å². The first-order chi connectivity index (χ1) is 9.38. The van der Waals surface area contributed by atoms with Gasteiger partial charge < -0.3 is 14.6 Å². The number of hydrogen-bond acceptors (Lipinski definition) is 6. The number of H-pyrrole nitrogens is 1. The van der Waals surface area contributed by atoms with Crippen LogP contribution in [0.3, 0.4) is 0 Å². The molecule has 0 saturated carbocycles. The molecule has 20 heavy (non-hydrogen) atoms. The number of halogens is 1. The number of aliphatic hydroxyl groups is 1. The lowest BCUT2D eigenvalue weighted by molar-refractivity contribution is -0.147. The number of nitrogens with one attached hydrogen (secondary N) is 1. The first-order valence-corrected chi connectivity index (χ1v) is 6.94. The van der Waals surface area contributed by atoms with Crippen LogP contribution in [-0.4, -0.2) is 39.4 Å². The number of esters is 1. The number of carbonyl (C=O) groups excluding carboxylic acids is 1. The van der Waals surface area contributed by atoms with E-state index in [1.807, 2.05) is 0 Å². The lowest BCUT2D eigenvalue weighted by atomic mass is 10.2. The molecule has 2 heterocycles. The summed E-state index contributed by atoms with van der Waals surface area (Å²) in [6.45, 7) is 1.18. The van der Waals surface area contributed by atoms with Crippen LogP contribution in [0.5, 0.6) is 0 Å². The van der Waals surface area contributed by atoms with Crippen molar-refractivity contribution < 1.29 is 19.4 Å². The molecule has 2 rings (SSSR count). The van der Waals surface area contributed by atoms with Crippen molar-refractivity contribution in [1.29, 1.82) is 0 Å². The Morgan fingerprint density at radius 3 is 3.00 bits per heavy atom. The van der Waals surface area contributed by atoms with E-state index in [0.717, 1.165) is 0 Å². The summed E-state index contributed by atoms with van der Waals surface area (Å²) >= 11 is 1.80. The highest BCUT2D eigenvalue weighted by Crippen LogP contribution is 2.27. The third-order valence-corrected chi connectivity index (χ3v) is 3.66. The summed E-state index contributed by atoms with van der Waals surface area (Å²) in [5.74, 6) is -0.472. The Labute approximate surface area is 126 Å². The molecule has 1 fully saturated rings. The van der Waals surface area contributed by atoms with Gasteiger partial charge in [-0.2, -0.15) is 0 Å². The molecule has 2 N–H and O–H groups in total. The Morgan fingerprint density at radius 2 is 2.35 bits per heavy atom. The fourth-order valence-corrected chi connectivity index (χ4v) is 2.34. The van der Waals surface area contributed by atoms with Gasteiger partial charge in [-0.1, -0.05) is 0 Å². The molecule has 0 aliphatic carbocycles. The monoisotopic (exact) mass is 396 g/mol. The molecule has 1 saturated heterocycles. The highest BCUT2D eigenvalue weighted by atomic mass is 127. The molecule has 1 aliphatic heterocycles. The van der Waals surface area contributed by atoms with Crippen molar-refractivity contribution in [3.05, 3.63) is 30.6 Å². The molecular formula is C11H13IN2O6. The summed E-state index contributed by atoms with van der Waals surface area (Å²) in [6.07, 6.45) is -0.707. The highest BCUT2D eigenvalue weighted by molar-refractivity contribution is 14.1. The van der Waals surface area contributed by atoms with Gasteiger partial charge in [-0.05, 0) is 22.6 Å². The molecule has 0 spiro atoms. The van der Waals surface area contributed by atoms with Crippen LogP contribution in [0.15, 0.2) is 15.8 Å². The molecule has 110 valence electrons. The molecular weight excluding hydrogens is 383 g/mol. The Balaban J connectivity index is 2.16. The summed E-state index contributed by atoms with van der Waals surface area (Å²) in [5, 5.41) is 9.84. The highest BCUT2D eigenvalue weighted by Gasteiger charge is 2.36. The van der Waals surface area contributed by atoms with Gasteiger partial charge in [0.15, 0.2) is 0 Å². The van der Waals surface area contributed by atoms with Gasteiger partial charge in [0, 0.05) is 19.5 Å². The second-order valence-corrected chi connectivity index (χ2v) is 5.54. The summed E-state index contributed by atoms with van der Waals surface area (Å²) in [6, 6.07) is 0. The molecule has 9 heteroatoms. The van der Waals surface area contributed by atoms with E-state index in [0.29, 0.717) is 3.57 Å². The number of hydrogen-bond donors (Lipinski definition) is 2. The molecule has 1 aliphatic rings. The summed E-state index contributed by atoms with van der Waals surface area (Å²) < 4.78 is 11.8. The van der Waals surface area contributed by atoms with Crippen molar-refractivity contribution >= 4 is 28.6 Å². The molecule has 0 aromatic carbocycles. The van der Waals surface area contributed by atoms with E-state index in [2.05, 4.69) is 4.98 Å². The fourth-order valence-electron chi connectivity index (χ4n) is 1.91. The molecule has 0 radical (unpaired) electrons. The van der Waals surface area contributed by atoms with E-state index < -0.39 is 35.7 Å². The minimum atomic E-state index is -0.851. The summed E-state index contributed by atoms with van der Waals surface area (Å²) in [5.41, 5.74) is -1.08. The Bertz CT molecular complexity index is 624. The minimum absolute atomic E-state index is 0.0812. The summed E-state index contributed by atoms with van der Waals surface area (Å²) in [4.78, 5) is 35.9. The number of aliphatic hydroxyl groups excluding tert-OH is 1. The van der Waals surface area contributed by atoms with Crippen molar-refractivity contribution in [2.75, 3.05) is 6.61 Å². The zero-order valence-electron chi connectivity index (χ0n) is 10.5. The average Bonchev–Trinajstić information content (AvgIpc) is 2.72. The van der Waals surface area contributed by atoms with E-state index >= 15 is 0 Å². The van der Waals surface area contributed by atoms with Crippen LogP contribution in [0.25, 0.3) is 0 Å². The van der Waals surface area contributed by atoms with Crippen LogP contribution in [0.1, 0.15) is 19.6 Å². The minimum Gasteiger partial charge on any atom is -0.463 e. The third-order valence-electron chi connectivity index (χ3n) is 2.89. The van der Waals surface area contributed by atoms with Gasteiger partial charge >= 0.3 is 11.7 Å². The summed E-state index contributed by atoms with van der Waals surface area (Å²) in [7, 11) is 0.